The van der Waals surface area contributed by atoms with Crippen LogP contribution in [0.2, 0.25) is 0 Å². The lowest BCUT2D eigenvalue weighted by molar-refractivity contribution is 0.0941. The second-order valence-electron chi connectivity index (χ2n) is 5.23. The summed E-state index contributed by atoms with van der Waals surface area (Å²) in [4.78, 5) is 16.6. The fourth-order valence-electron chi connectivity index (χ4n) is 2.43. The van der Waals surface area contributed by atoms with E-state index in [1.54, 1.807) is 6.07 Å². The van der Waals surface area contributed by atoms with Gasteiger partial charge in [-0.3, -0.25) is 4.79 Å². The van der Waals surface area contributed by atoms with Gasteiger partial charge in [0.25, 0.3) is 5.91 Å². The number of alkyl halides is 1. The molecule has 1 heterocycles. The molecule has 112 valence electrons. The minimum atomic E-state index is -0.114. The number of para-hydroxylation sites is 1. The van der Waals surface area contributed by atoms with Crippen LogP contribution in [0.3, 0.4) is 0 Å². The monoisotopic (exact) mass is 304 g/mol. The smallest absolute Gasteiger partial charge is 0.269 e. The Hall–Kier alpha value is -1.61. The van der Waals surface area contributed by atoms with Gasteiger partial charge < -0.3 is 5.32 Å². The molecule has 3 nitrogen and oxygen atoms in total. The van der Waals surface area contributed by atoms with Gasteiger partial charge in [-0.2, -0.15) is 0 Å². The highest BCUT2D eigenvalue weighted by atomic mass is 35.5. The van der Waals surface area contributed by atoms with E-state index in [4.69, 9.17) is 11.6 Å². The number of halogens is 1. The van der Waals surface area contributed by atoms with E-state index in [1.165, 1.54) is 0 Å². The van der Waals surface area contributed by atoms with Gasteiger partial charge in [0.2, 0.25) is 0 Å². The first-order chi connectivity index (χ1) is 10.2. The molecule has 0 aliphatic heterocycles. The van der Waals surface area contributed by atoms with Crippen LogP contribution in [0.25, 0.3) is 10.9 Å². The summed E-state index contributed by atoms with van der Waals surface area (Å²) >= 11 is 5.80. The van der Waals surface area contributed by atoms with Crippen LogP contribution in [0, 0.1) is 5.92 Å². The second-order valence-corrected chi connectivity index (χ2v) is 5.61. The fraction of sp³-hybridized carbons (Fsp3) is 0.412. The van der Waals surface area contributed by atoms with Gasteiger partial charge in [0.05, 0.1) is 5.52 Å². The van der Waals surface area contributed by atoms with Gasteiger partial charge in [0.15, 0.2) is 0 Å². The van der Waals surface area contributed by atoms with Gasteiger partial charge >= 0.3 is 0 Å². The fourth-order valence-corrected chi connectivity index (χ4v) is 2.74. The lowest BCUT2D eigenvalue weighted by Crippen LogP contribution is -2.30. The van der Waals surface area contributed by atoms with E-state index < -0.39 is 0 Å². The number of nitrogens with zero attached hydrogens (tertiary/aromatic N) is 1. The molecule has 0 spiro atoms. The number of nitrogens with one attached hydrogen (secondary N) is 1. The molecule has 0 fully saturated rings. The van der Waals surface area contributed by atoms with E-state index in [0.29, 0.717) is 24.0 Å². The molecule has 0 saturated heterocycles. The molecule has 0 saturated carbocycles. The predicted octanol–water partition coefficient (Wildman–Crippen LogP) is 4.01. The summed E-state index contributed by atoms with van der Waals surface area (Å²) in [5.41, 5.74) is 1.31. The number of rotatable bonds is 7. The number of pyridine rings is 1. The number of aromatic nitrogens is 1. The summed E-state index contributed by atoms with van der Waals surface area (Å²) in [6.07, 6.45) is 3.12. The first kappa shape index (κ1) is 15.8. The number of carbonyl (C=O) groups is 1. The van der Waals surface area contributed by atoms with Crippen molar-refractivity contribution in [1.82, 2.24) is 10.3 Å². The Labute approximate surface area is 130 Å². The van der Waals surface area contributed by atoms with Gasteiger partial charge in [0, 0.05) is 17.8 Å². The second kappa shape index (κ2) is 7.99. The van der Waals surface area contributed by atoms with Crippen molar-refractivity contribution < 1.29 is 4.79 Å². The van der Waals surface area contributed by atoms with Crippen molar-refractivity contribution in [1.29, 1.82) is 0 Å². The topological polar surface area (TPSA) is 42.0 Å². The van der Waals surface area contributed by atoms with Crippen molar-refractivity contribution in [2.45, 2.75) is 26.2 Å². The maximum absolute atomic E-state index is 12.2. The number of benzene rings is 1. The Morgan fingerprint density at radius 1 is 1.24 bits per heavy atom. The normalized spacial score (nSPS) is 12.3. The van der Waals surface area contributed by atoms with E-state index in [9.17, 15) is 4.79 Å². The summed E-state index contributed by atoms with van der Waals surface area (Å²) in [5, 5.41) is 4.01. The first-order valence-corrected chi connectivity index (χ1v) is 7.98. The number of hydrogen-bond acceptors (Lipinski definition) is 2. The van der Waals surface area contributed by atoms with E-state index in [-0.39, 0.29) is 5.91 Å². The van der Waals surface area contributed by atoms with Crippen LogP contribution in [-0.2, 0) is 0 Å². The zero-order valence-electron chi connectivity index (χ0n) is 12.3. The zero-order chi connectivity index (χ0) is 15.1. The number of carbonyl (C=O) groups excluding carboxylic acids is 1. The Morgan fingerprint density at radius 2 is 2.05 bits per heavy atom. The molecule has 0 aliphatic carbocycles. The van der Waals surface area contributed by atoms with Crippen molar-refractivity contribution in [3.05, 3.63) is 42.1 Å². The van der Waals surface area contributed by atoms with Gasteiger partial charge in [-0.1, -0.05) is 37.6 Å². The van der Waals surface area contributed by atoms with Crippen LogP contribution in [0.5, 0.6) is 0 Å². The minimum Gasteiger partial charge on any atom is -0.350 e. The van der Waals surface area contributed by atoms with E-state index in [2.05, 4.69) is 17.2 Å². The molecule has 0 radical (unpaired) electrons. The first-order valence-electron chi connectivity index (χ1n) is 7.44. The molecule has 1 aromatic carbocycles. The molecule has 1 N–H and O–H groups in total. The maximum Gasteiger partial charge on any atom is 0.269 e. The van der Waals surface area contributed by atoms with E-state index in [0.717, 1.165) is 30.2 Å². The van der Waals surface area contributed by atoms with Crippen molar-refractivity contribution in [2.75, 3.05) is 12.4 Å². The highest BCUT2D eigenvalue weighted by molar-refractivity contribution is 6.17. The molecule has 1 aromatic heterocycles. The third-order valence-corrected chi connectivity index (χ3v) is 3.81. The van der Waals surface area contributed by atoms with Gasteiger partial charge in [-0.25, -0.2) is 4.98 Å². The largest absolute Gasteiger partial charge is 0.350 e. The molecule has 0 aliphatic rings. The number of fused-ring (bicyclic) bond motifs is 1. The summed E-state index contributed by atoms with van der Waals surface area (Å²) in [6, 6.07) is 11.5. The van der Waals surface area contributed by atoms with Crippen molar-refractivity contribution >= 4 is 28.4 Å². The maximum atomic E-state index is 12.2. The van der Waals surface area contributed by atoms with E-state index >= 15 is 0 Å². The molecular weight excluding hydrogens is 284 g/mol. The predicted molar refractivity (Wildman–Crippen MR) is 87.8 cm³/mol. The van der Waals surface area contributed by atoms with Crippen LogP contribution in [0.15, 0.2) is 36.4 Å². The molecule has 1 amide bonds. The van der Waals surface area contributed by atoms with Gasteiger partial charge in [-0.05, 0) is 30.9 Å². The minimum absolute atomic E-state index is 0.114. The quantitative estimate of drug-likeness (QED) is 0.785. The Kier molecular flexibility index (Phi) is 6.00. The van der Waals surface area contributed by atoms with Gasteiger partial charge in [0.1, 0.15) is 5.69 Å². The Balaban J connectivity index is 2.01. The van der Waals surface area contributed by atoms with Crippen LogP contribution < -0.4 is 5.32 Å². The van der Waals surface area contributed by atoms with Gasteiger partial charge in [-0.15, -0.1) is 11.6 Å². The number of hydrogen-bond donors (Lipinski definition) is 1. The summed E-state index contributed by atoms with van der Waals surface area (Å²) in [7, 11) is 0. The highest BCUT2D eigenvalue weighted by Crippen LogP contribution is 2.13. The lowest BCUT2D eigenvalue weighted by atomic mass is 10.0. The Morgan fingerprint density at radius 3 is 2.81 bits per heavy atom. The van der Waals surface area contributed by atoms with E-state index in [1.807, 2.05) is 30.3 Å². The summed E-state index contributed by atoms with van der Waals surface area (Å²) in [5.74, 6) is 0.961. The summed E-state index contributed by atoms with van der Waals surface area (Å²) in [6.45, 7) is 2.81. The molecule has 0 bridgehead atoms. The highest BCUT2D eigenvalue weighted by Gasteiger charge is 2.12. The molecule has 1 unspecified atom stereocenters. The third kappa shape index (κ3) is 4.43. The molecule has 2 aromatic rings. The lowest BCUT2D eigenvalue weighted by Gasteiger charge is -2.15. The van der Waals surface area contributed by atoms with Crippen molar-refractivity contribution in [3.8, 4) is 0 Å². The van der Waals surface area contributed by atoms with Crippen LogP contribution >= 0.6 is 11.6 Å². The third-order valence-electron chi connectivity index (χ3n) is 3.60. The standard InChI is InChI=1S/C17H21ClN2O/c1-2-5-13(10-11-18)12-19-17(21)16-9-8-14-6-3-4-7-15(14)20-16/h3-4,6-9,13H,2,5,10-12H2,1H3,(H,19,21). The molecule has 21 heavy (non-hydrogen) atoms. The van der Waals surface area contributed by atoms with Crippen LogP contribution in [0.1, 0.15) is 36.7 Å². The molecular formula is C17H21ClN2O. The molecule has 1 atom stereocenters. The SMILES string of the molecule is CCCC(CCCl)CNC(=O)c1ccc2ccccc2n1. The summed E-state index contributed by atoms with van der Waals surface area (Å²) < 4.78 is 0. The van der Waals surface area contributed by atoms with Crippen molar-refractivity contribution in [2.24, 2.45) is 5.92 Å². The number of amides is 1. The van der Waals surface area contributed by atoms with Crippen LogP contribution in [0.4, 0.5) is 0 Å². The average Bonchev–Trinajstić information content (AvgIpc) is 2.52. The zero-order valence-corrected chi connectivity index (χ0v) is 13.1. The molecule has 4 heteroatoms. The van der Waals surface area contributed by atoms with Crippen molar-refractivity contribution in [3.63, 3.8) is 0 Å². The average molecular weight is 305 g/mol. The Bertz CT molecular complexity index is 594. The molecule has 2 rings (SSSR count). The van der Waals surface area contributed by atoms with Crippen LogP contribution in [-0.4, -0.2) is 23.3 Å².